The van der Waals surface area contributed by atoms with E-state index in [0.29, 0.717) is 0 Å². The zero-order chi connectivity index (χ0) is 22.6. The molecule has 4 aromatic rings. The Bertz CT molecular complexity index is 1230. The van der Waals surface area contributed by atoms with E-state index in [2.05, 4.69) is 87.3 Å². The van der Waals surface area contributed by atoms with E-state index in [4.69, 9.17) is 4.74 Å². The molecule has 0 amide bonds. The van der Waals surface area contributed by atoms with Crippen LogP contribution in [0.2, 0.25) is 0 Å². The monoisotopic (exact) mass is 459 g/mol. The van der Waals surface area contributed by atoms with Crippen molar-refractivity contribution in [3.05, 3.63) is 71.2 Å². The summed E-state index contributed by atoms with van der Waals surface area (Å²) in [5.41, 5.74) is 3.80. The summed E-state index contributed by atoms with van der Waals surface area (Å²) >= 11 is 1.82. The van der Waals surface area contributed by atoms with Gasteiger partial charge in [-0.15, -0.1) is 16.4 Å². The fourth-order valence-corrected chi connectivity index (χ4v) is 5.37. The van der Waals surface area contributed by atoms with Gasteiger partial charge in [0, 0.05) is 45.8 Å². The molecule has 0 saturated carbocycles. The minimum Gasteiger partial charge on any atom is -0.378 e. The Morgan fingerprint density at radius 1 is 1.09 bits per heavy atom. The Balaban J connectivity index is 1.40. The van der Waals surface area contributed by atoms with Gasteiger partial charge >= 0.3 is 0 Å². The molecule has 2 aromatic carbocycles. The quantitative estimate of drug-likeness (QED) is 0.402. The van der Waals surface area contributed by atoms with Crippen LogP contribution >= 0.6 is 11.3 Å². The van der Waals surface area contributed by atoms with Crippen molar-refractivity contribution in [2.24, 2.45) is 0 Å². The van der Waals surface area contributed by atoms with Gasteiger partial charge in [-0.05, 0) is 49.4 Å². The van der Waals surface area contributed by atoms with Crippen molar-refractivity contribution in [3.8, 4) is 10.4 Å². The van der Waals surface area contributed by atoms with Crippen LogP contribution in [0.4, 0.5) is 11.5 Å². The van der Waals surface area contributed by atoms with E-state index in [0.717, 1.165) is 49.4 Å². The second-order valence-corrected chi connectivity index (χ2v) is 9.44. The number of nitrogens with one attached hydrogen (secondary N) is 2. The lowest BCUT2D eigenvalue weighted by atomic mass is 10.1. The number of anilines is 2. The largest absolute Gasteiger partial charge is 0.378 e. The molecule has 0 bridgehead atoms. The van der Waals surface area contributed by atoms with Crippen LogP contribution in [-0.4, -0.2) is 43.5 Å². The predicted molar refractivity (Wildman–Crippen MR) is 137 cm³/mol. The summed E-state index contributed by atoms with van der Waals surface area (Å²) in [4.78, 5) is 4.92. The Kier molecular flexibility index (Phi) is 6.53. The Morgan fingerprint density at radius 3 is 2.79 bits per heavy atom. The summed E-state index contributed by atoms with van der Waals surface area (Å²) in [7, 11) is 1.98. The van der Waals surface area contributed by atoms with Crippen molar-refractivity contribution in [2.75, 3.05) is 43.6 Å². The fourth-order valence-electron chi connectivity index (χ4n) is 4.30. The lowest BCUT2D eigenvalue weighted by molar-refractivity contribution is 0.122. The van der Waals surface area contributed by atoms with Crippen molar-refractivity contribution >= 4 is 33.6 Å². The number of thiophene rings is 1. The van der Waals surface area contributed by atoms with Crippen LogP contribution in [0.1, 0.15) is 23.4 Å². The van der Waals surface area contributed by atoms with Gasteiger partial charge in [-0.2, -0.15) is 5.10 Å². The molecule has 3 heterocycles. The predicted octanol–water partition coefficient (Wildman–Crippen LogP) is 5.09. The molecular weight excluding hydrogens is 430 g/mol. The first kappa shape index (κ1) is 21.8. The number of benzene rings is 2. The molecule has 0 aliphatic carbocycles. The van der Waals surface area contributed by atoms with E-state index in [-0.39, 0.29) is 6.04 Å². The lowest BCUT2D eigenvalue weighted by Crippen LogP contribution is -2.36. The van der Waals surface area contributed by atoms with Crippen LogP contribution in [0.15, 0.2) is 60.8 Å². The molecule has 1 aliphatic rings. The first-order valence-corrected chi connectivity index (χ1v) is 12.2. The summed E-state index contributed by atoms with van der Waals surface area (Å²) < 4.78 is 5.51. The number of hydrogen-bond donors (Lipinski definition) is 2. The minimum atomic E-state index is 0.118. The molecule has 6 nitrogen and oxygen atoms in total. The van der Waals surface area contributed by atoms with Crippen LogP contribution in [-0.2, 0) is 11.3 Å². The third kappa shape index (κ3) is 4.71. The zero-order valence-corrected chi connectivity index (χ0v) is 19.9. The smallest absolute Gasteiger partial charge is 0.157 e. The maximum atomic E-state index is 5.51. The second-order valence-electron chi connectivity index (χ2n) is 8.32. The van der Waals surface area contributed by atoms with Gasteiger partial charge in [0.15, 0.2) is 5.82 Å². The van der Waals surface area contributed by atoms with Crippen LogP contribution in [0.25, 0.3) is 21.2 Å². The number of ether oxygens (including phenoxy) is 1. The van der Waals surface area contributed by atoms with Crippen LogP contribution < -0.4 is 15.5 Å². The summed E-state index contributed by atoms with van der Waals surface area (Å²) in [5.74, 6) is 0.820. The maximum Gasteiger partial charge on any atom is 0.157 e. The average Bonchev–Trinajstić information content (AvgIpc) is 3.35. The van der Waals surface area contributed by atoms with Gasteiger partial charge in [-0.25, -0.2) is 0 Å². The van der Waals surface area contributed by atoms with Gasteiger partial charge in [0.05, 0.1) is 25.5 Å². The van der Waals surface area contributed by atoms with Gasteiger partial charge in [-0.3, -0.25) is 0 Å². The molecule has 0 radical (unpaired) electrons. The maximum absolute atomic E-state index is 5.51. The molecule has 2 N–H and O–H groups in total. The summed E-state index contributed by atoms with van der Waals surface area (Å²) in [6.45, 7) is 6.40. The Labute approximate surface area is 198 Å². The zero-order valence-electron chi connectivity index (χ0n) is 19.0. The topological polar surface area (TPSA) is 62.3 Å². The number of morpholine rings is 1. The van der Waals surface area contributed by atoms with Gasteiger partial charge in [0.25, 0.3) is 0 Å². The van der Waals surface area contributed by atoms with Crippen molar-refractivity contribution in [1.82, 2.24) is 15.5 Å². The number of rotatable bonds is 7. The van der Waals surface area contributed by atoms with E-state index in [1.165, 1.54) is 26.6 Å². The first-order valence-electron chi connectivity index (χ1n) is 11.4. The van der Waals surface area contributed by atoms with Crippen LogP contribution in [0.5, 0.6) is 0 Å². The number of aromatic nitrogens is 2. The molecule has 2 aromatic heterocycles. The van der Waals surface area contributed by atoms with Gasteiger partial charge < -0.3 is 20.3 Å². The van der Waals surface area contributed by atoms with Gasteiger partial charge in [-0.1, -0.05) is 30.3 Å². The van der Waals surface area contributed by atoms with E-state index in [9.17, 15) is 0 Å². The molecule has 1 atom stereocenters. The van der Waals surface area contributed by atoms with Crippen molar-refractivity contribution in [2.45, 2.75) is 19.5 Å². The molecule has 7 heteroatoms. The standard InChI is InChI=1S/C26H29N5OS/c1-18(24-9-10-25(33-24)22-6-4-3-5-19(22)16-27-2)29-26-23-15-21(31-11-13-32-14-12-31)8-7-20(23)17-28-30-26/h3-10,15,17-18,27H,11-14,16H2,1-2H3,(H,29,30). The SMILES string of the molecule is CNCc1ccccc1-c1ccc(C(C)Nc2nncc3ccc(N4CCOCC4)cc23)s1. The fraction of sp³-hybridized carbons (Fsp3) is 0.308. The molecule has 33 heavy (non-hydrogen) atoms. The third-order valence-corrected chi connectivity index (χ3v) is 7.38. The van der Waals surface area contributed by atoms with Gasteiger partial charge in [0.1, 0.15) is 0 Å². The van der Waals surface area contributed by atoms with E-state index < -0.39 is 0 Å². The highest BCUT2D eigenvalue weighted by atomic mass is 32.1. The highest BCUT2D eigenvalue weighted by molar-refractivity contribution is 7.15. The molecule has 170 valence electrons. The highest BCUT2D eigenvalue weighted by Gasteiger charge is 2.16. The van der Waals surface area contributed by atoms with Crippen molar-refractivity contribution in [1.29, 1.82) is 0 Å². The molecule has 5 rings (SSSR count). The summed E-state index contributed by atoms with van der Waals surface area (Å²) in [6.07, 6.45) is 1.83. The van der Waals surface area contributed by atoms with E-state index in [1.54, 1.807) is 0 Å². The lowest BCUT2D eigenvalue weighted by Gasteiger charge is -2.29. The summed E-state index contributed by atoms with van der Waals surface area (Å²) in [5, 5.41) is 17.8. The Hall–Kier alpha value is -3.00. The normalized spacial score (nSPS) is 15.0. The molecule has 1 fully saturated rings. The number of nitrogens with zero attached hydrogens (tertiary/aromatic N) is 3. The average molecular weight is 460 g/mol. The minimum absolute atomic E-state index is 0.118. The third-order valence-electron chi connectivity index (χ3n) is 6.08. The molecule has 1 saturated heterocycles. The molecular formula is C26H29N5OS. The summed E-state index contributed by atoms with van der Waals surface area (Å²) in [6, 6.07) is 19.7. The van der Waals surface area contributed by atoms with Gasteiger partial charge in [0.2, 0.25) is 0 Å². The van der Waals surface area contributed by atoms with Crippen LogP contribution in [0.3, 0.4) is 0 Å². The molecule has 1 aliphatic heterocycles. The number of fused-ring (bicyclic) bond motifs is 1. The van der Waals surface area contributed by atoms with Crippen LogP contribution in [0, 0.1) is 0 Å². The number of hydrogen-bond acceptors (Lipinski definition) is 7. The van der Waals surface area contributed by atoms with Crippen molar-refractivity contribution < 1.29 is 4.74 Å². The van der Waals surface area contributed by atoms with Crippen molar-refractivity contribution in [3.63, 3.8) is 0 Å². The Morgan fingerprint density at radius 2 is 1.94 bits per heavy atom. The highest BCUT2D eigenvalue weighted by Crippen LogP contribution is 2.35. The van der Waals surface area contributed by atoms with E-state index >= 15 is 0 Å². The van der Waals surface area contributed by atoms with E-state index in [1.807, 2.05) is 24.6 Å². The molecule has 0 spiro atoms. The molecule has 1 unspecified atom stereocenters. The first-order chi connectivity index (χ1) is 16.2. The second kappa shape index (κ2) is 9.87.